The molecule has 1 aliphatic rings. The van der Waals surface area contributed by atoms with Gasteiger partial charge < -0.3 is 15.8 Å². The van der Waals surface area contributed by atoms with Crippen LogP contribution in [0, 0.1) is 6.42 Å². The Hall–Kier alpha value is -2.51. The molecule has 30 heavy (non-hydrogen) atoms. The van der Waals surface area contributed by atoms with Crippen molar-refractivity contribution in [2.75, 3.05) is 31.1 Å². The van der Waals surface area contributed by atoms with Crippen LogP contribution in [0.2, 0.25) is 0 Å². The molecule has 1 heterocycles. The highest BCUT2D eigenvalue weighted by atomic mass is 32.2. The highest BCUT2D eigenvalue weighted by Crippen LogP contribution is 2.16. The standard InChI is InChI=1S/C23H28N3O3S/c24-23(28)21-17-30-15-14-26(21)13-12-25-22(27)11-8-18-6-9-20(10-7-18)29-16-19-4-2-1-3-5-19/h1-7,9-11,21H,8,12-17H2,(H2,24,28)(H,25,27). The minimum atomic E-state index is -0.295. The first-order valence-electron chi connectivity index (χ1n) is 10.1. The van der Waals surface area contributed by atoms with Gasteiger partial charge in [-0.15, -0.1) is 0 Å². The van der Waals surface area contributed by atoms with E-state index in [-0.39, 0.29) is 17.9 Å². The summed E-state index contributed by atoms with van der Waals surface area (Å²) in [6, 6.07) is 17.5. The molecule has 0 saturated carbocycles. The second-order valence-corrected chi connectivity index (χ2v) is 8.30. The maximum absolute atomic E-state index is 12.1. The monoisotopic (exact) mass is 426 g/mol. The van der Waals surface area contributed by atoms with E-state index in [0.717, 1.165) is 34.9 Å². The highest BCUT2D eigenvalue weighted by Gasteiger charge is 2.26. The molecule has 1 unspecified atom stereocenters. The molecule has 2 aromatic carbocycles. The minimum absolute atomic E-state index is 0.110. The number of nitrogens with two attached hydrogens (primary N) is 1. The fraction of sp³-hybridized carbons (Fsp3) is 0.348. The Morgan fingerprint density at radius 2 is 1.90 bits per heavy atom. The average molecular weight is 427 g/mol. The van der Waals surface area contributed by atoms with Crippen LogP contribution in [0.1, 0.15) is 11.1 Å². The van der Waals surface area contributed by atoms with E-state index in [1.165, 1.54) is 0 Å². The van der Waals surface area contributed by atoms with Crippen LogP contribution >= 0.6 is 11.8 Å². The summed E-state index contributed by atoms with van der Waals surface area (Å²) in [6.45, 7) is 2.47. The SMILES string of the molecule is NC(=O)C1CSCCN1CCNC(=O)[CH]Cc1ccc(OCc2ccccc2)cc1. The lowest BCUT2D eigenvalue weighted by Crippen LogP contribution is -2.52. The third-order valence-electron chi connectivity index (χ3n) is 4.96. The van der Waals surface area contributed by atoms with Gasteiger partial charge in [0.1, 0.15) is 12.4 Å². The van der Waals surface area contributed by atoms with E-state index < -0.39 is 0 Å². The van der Waals surface area contributed by atoms with Crippen LogP contribution in [0.4, 0.5) is 0 Å². The van der Waals surface area contributed by atoms with Gasteiger partial charge in [-0.1, -0.05) is 42.5 Å². The number of ether oxygens (including phenoxy) is 1. The quantitative estimate of drug-likeness (QED) is 0.607. The number of benzene rings is 2. The van der Waals surface area contributed by atoms with Crippen molar-refractivity contribution >= 4 is 23.6 Å². The van der Waals surface area contributed by atoms with Crippen LogP contribution in [-0.4, -0.2) is 53.9 Å². The molecule has 1 aliphatic heterocycles. The molecule has 3 rings (SSSR count). The summed E-state index contributed by atoms with van der Waals surface area (Å²) < 4.78 is 5.78. The summed E-state index contributed by atoms with van der Waals surface area (Å²) in [6.07, 6.45) is 2.19. The fourth-order valence-electron chi connectivity index (χ4n) is 3.24. The van der Waals surface area contributed by atoms with Crippen LogP contribution < -0.4 is 15.8 Å². The van der Waals surface area contributed by atoms with Gasteiger partial charge in [0.15, 0.2) is 0 Å². The molecule has 0 aliphatic carbocycles. The number of hydrogen-bond acceptors (Lipinski definition) is 5. The first-order chi connectivity index (χ1) is 14.6. The molecule has 1 fully saturated rings. The van der Waals surface area contributed by atoms with Crippen molar-refractivity contribution in [3.05, 3.63) is 72.1 Å². The van der Waals surface area contributed by atoms with Gasteiger partial charge in [0.2, 0.25) is 11.8 Å². The summed E-state index contributed by atoms with van der Waals surface area (Å²) in [5, 5.41) is 2.89. The summed E-state index contributed by atoms with van der Waals surface area (Å²) in [5.41, 5.74) is 7.63. The lowest BCUT2D eigenvalue weighted by atomic mass is 10.1. The second-order valence-electron chi connectivity index (χ2n) is 7.15. The largest absolute Gasteiger partial charge is 0.489 e. The second kappa shape index (κ2) is 11.6. The summed E-state index contributed by atoms with van der Waals surface area (Å²) >= 11 is 1.74. The zero-order chi connectivity index (χ0) is 21.2. The number of nitrogens with one attached hydrogen (secondary N) is 1. The van der Waals surface area contributed by atoms with Crippen molar-refractivity contribution in [1.29, 1.82) is 0 Å². The molecule has 0 aromatic heterocycles. The molecule has 2 aromatic rings. The van der Waals surface area contributed by atoms with Crippen molar-refractivity contribution in [3.8, 4) is 5.75 Å². The first-order valence-corrected chi connectivity index (χ1v) is 11.2. The first kappa shape index (κ1) is 22.2. The van der Waals surface area contributed by atoms with Crippen LogP contribution in [0.5, 0.6) is 5.75 Å². The predicted octanol–water partition coefficient (Wildman–Crippen LogP) is 2.03. The Bertz CT molecular complexity index is 814. The van der Waals surface area contributed by atoms with Crippen LogP contribution in [0.15, 0.2) is 54.6 Å². The number of thioether (sulfide) groups is 1. The summed E-state index contributed by atoms with van der Waals surface area (Å²) in [5.74, 6) is 2.10. The van der Waals surface area contributed by atoms with Gasteiger partial charge in [0.05, 0.1) is 12.5 Å². The fourth-order valence-corrected chi connectivity index (χ4v) is 4.36. The minimum Gasteiger partial charge on any atom is -0.489 e. The molecule has 0 bridgehead atoms. The lowest BCUT2D eigenvalue weighted by Gasteiger charge is -2.33. The van der Waals surface area contributed by atoms with E-state index in [1.54, 1.807) is 18.2 Å². The number of carbonyl (C=O) groups is 2. The Morgan fingerprint density at radius 1 is 1.13 bits per heavy atom. The average Bonchev–Trinajstić information content (AvgIpc) is 2.78. The number of carbonyl (C=O) groups excluding carboxylic acids is 2. The molecule has 1 atom stereocenters. The maximum atomic E-state index is 12.1. The zero-order valence-corrected chi connectivity index (χ0v) is 17.8. The number of nitrogens with zero attached hydrogens (tertiary/aromatic N) is 1. The lowest BCUT2D eigenvalue weighted by molar-refractivity contribution is -0.122. The molecule has 0 spiro atoms. The topological polar surface area (TPSA) is 84.7 Å². The Balaban J connectivity index is 1.34. The Kier molecular flexibility index (Phi) is 8.59. The van der Waals surface area contributed by atoms with Gasteiger partial charge in [-0.2, -0.15) is 11.8 Å². The van der Waals surface area contributed by atoms with Crippen molar-refractivity contribution in [3.63, 3.8) is 0 Å². The van der Waals surface area contributed by atoms with E-state index >= 15 is 0 Å². The molecule has 7 heteroatoms. The van der Waals surface area contributed by atoms with Gasteiger partial charge in [-0.3, -0.25) is 14.5 Å². The number of primary amides is 1. The third kappa shape index (κ3) is 7.07. The maximum Gasteiger partial charge on any atom is 0.235 e. The van der Waals surface area contributed by atoms with Crippen molar-refractivity contribution < 1.29 is 14.3 Å². The van der Waals surface area contributed by atoms with E-state index in [0.29, 0.717) is 26.1 Å². The van der Waals surface area contributed by atoms with E-state index in [9.17, 15) is 9.59 Å². The zero-order valence-electron chi connectivity index (χ0n) is 17.0. The molecular formula is C23H28N3O3S. The third-order valence-corrected chi connectivity index (χ3v) is 5.98. The van der Waals surface area contributed by atoms with Crippen molar-refractivity contribution in [1.82, 2.24) is 10.2 Å². The van der Waals surface area contributed by atoms with Gasteiger partial charge in [-0.05, 0) is 29.7 Å². The normalized spacial score (nSPS) is 16.7. The number of hydrogen-bond donors (Lipinski definition) is 2. The van der Waals surface area contributed by atoms with Crippen LogP contribution in [0.3, 0.4) is 0 Å². The number of amides is 2. The van der Waals surface area contributed by atoms with Crippen molar-refractivity contribution in [2.24, 2.45) is 5.73 Å². The number of rotatable bonds is 10. The van der Waals surface area contributed by atoms with E-state index in [2.05, 4.69) is 5.32 Å². The van der Waals surface area contributed by atoms with Crippen molar-refractivity contribution in [2.45, 2.75) is 19.1 Å². The van der Waals surface area contributed by atoms with Gasteiger partial charge in [0, 0.05) is 31.1 Å². The molecule has 1 radical (unpaired) electrons. The molecule has 159 valence electrons. The van der Waals surface area contributed by atoms with Gasteiger partial charge >= 0.3 is 0 Å². The summed E-state index contributed by atoms with van der Waals surface area (Å²) in [7, 11) is 0. The molecular weight excluding hydrogens is 398 g/mol. The van der Waals surface area contributed by atoms with Crippen LogP contribution in [-0.2, 0) is 22.6 Å². The van der Waals surface area contributed by atoms with Crippen LogP contribution in [0.25, 0.3) is 0 Å². The van der Waals surface area contributed by atoms with E-state index in [1.807, 2.05) is 59.5 Å². The molecule has 6 nitrogen and oxygen atoms in total. The predicted molar refractivity (Wildman–Crippen MR) is 120 cm³/mol. The molecule has 3 N–H and O–H groups in total. The Morgan fingerprint density at radius 3 is 2.63 bits per heavy atom. The highest BCUT2D eigenvalue weighted by molar-refractivity contribution is 7.99. The van der Waals surface area contributed by atoms with Gasteiger partial charge in [-0.25, -0.2) is 0 Å². The van der Waals surface area contributed by atoms with E-state index in [4.69, 9.17) is 10.5 Å². The van der Waals surface area contributed by atoms with Gasteiger partial charge in [0.25, 0.3) is 0 Å². The molecule has 1 saturated heterocycles. The summed E-state index contributed by atoms with van der Waals surface area (Å²) in [4.78, 5) is 25.7. The smallest absolute Gasteiger partial charge is 0.235 e. The molecule has 2 amide bonds. The Labute approximate surface area is 182 Å².